The van der Waals surface area contributed by atoms with Crippen LogP contribution in [0.3, 0.4) is 0 Å². The van der Waals surface area contributed by atoms with E-state index in [2.05, 4.69) is 4.98 Å². The standard InChI is InChI=1S/C18H24FN3O3/c19-15-4-3-7-20-16(15)24-10-5-14-6-11-25-18(14)12-22(13-18)17(23)21-8-1-2-9-21/h3-4,7,14H,1-2,5-6,8-13H2/t14-/m0/s1. The van der Waals surface area contributed by atoms with E-state index in [4.69, 9.17) is 9.47 Å². The monoisotopic (exact) mass is 349 g/mol. The molecule has 3 aliphatic rings. The topological polar surface area (TPSA) is 54.9 Å². The first-order valence-corrected chi connectivity index (χ1v) is 9.09. The summed E-state index contributed by atoms with van der Waals surface area (Å²) in [6, 6.07) is 3.03. The van der Waals surface area contributed by atoms with Crippen LogP contribution in [0.1, 0.15) is 25.7 Å². The first kappa shape index (κ1) is 16.6. The number of hydrogen-bond acceptors (Lipinski definition) is 4. The van der Waals surface area contributed by atoms with Crippen LogP contribution in [0.5, 0.6) is 5.88 Å². The largest absolute Gasteiger partial charge is 0.476 e. The zero-order chi connectivity index (χ0) is 17.3. The molecule has 6 nitrogen and oxygen atoms in total. The number of carbonyl (C=O) groups excluding carboxylic acids is 1. The van der Waals surface area contributed by atoms with Crippen molar-refractivity contribution in [2.75, 3.05) is 39.4 Å². The summed E-state index contributed by atoms with van der Waals surface area (Å²) in [7, 11) is 0. The predicted octanol–water partition coefficient (Wildman–Crippen LogP) is 2.30. The molecule has 2 amide bonds. The van der Waals surface area contributed by atoms with E-state index in [0.29, 0.717) is 32.2 Å². The van der Waals surface area contributed by atoms with Crippen molar-refractivity contribution in [1.29, 1.82) is 0 Å². The van der Waals surface area contributed by atoms with E-state index >= 15 is 0 Å². The van der Waals surface area contributed by atoms with Gasteiger partial charge in [0, 0.05) is 25.9 Å². The summed E-state index contributed by atoms with van der Waals surface area (Å²) >= 11 is 0. The molecule has 0 saturated carbocycles. The van der Waals surface area contributed by atoms with E-state index in [0.717, 1.165) is 38.8 Å². The van der Waals surface area contributed by atoms with E-state index in [1.54, 1.807) is 6.07 Å². The number of likely N-dealkylation sites (tertiary alicyclic amines) is 2. The van der Waals surface area contributed by atoms with Crippen molar-refractivity contribution in [3.8, 4) is 5.88 Å². The number of hydrogen-bond donors (Lipinski definition) is 0. The van der Waals surface area contributed by atoms with Gasteiger partial charge >= 0.3 is 6.03 Å². The van der Waals surface area contributed by atoms with Crippen molar-refractivity contribution in [1.82, 2.24) is 14.8 Å². The van der Waals surface area contributed by atoms with Gasteiger partial charge in [-0.15, -0.1) is 0 Å². The molecule has 25 heavy (non-hydrogen) atoms. The molecule has 3 aliphatic heterocycles. The number of aromatic nitrogens is 1. The first-order valence-electron chi connectivity index (χ1n) is 9.09. The van der Waals surface area contributed by atoms with Crippen molar-refractivity contribution in [2.24, 2.45) is 5.92 Å². The van der Waals surface area contributed by atoms with Gasteiger partial charge in [-0.2, -0.15) is 0 Å². The number of ether oxygens (including phenoxy) is 2. The van der Waals surface area contributed by atoms with E-state index in [1.807, 2.05) is 9.80 Å². The second kappa shape index (κ2) is 6.78. The Morgan fingerprint density at radius 1 is 1.36 bits per heavy atom. The van der Waals surface area contributed by atoms with Crippen LogP contribution < -0.4 is 4.74 Å². The van der Waals surface area contributed by atoms with Gasteiger partial charge in [-0.3, -0.25) is 0 Å². The summed E-state index contributed by atoms with van der Waals surface area (Å²) in [5, 5.41) is 0. The van der Waals surface area contributed by atoms with Gasteiger partial charge in [0.05, 0.1) is 19.7 Å². The van der Waals surface area contributed by atoms with Crippen LogP contribution in [0, 0.1) is 11.7 Å². The second-order valence-electron chi connectivity index (χ2n) is 7.16. The molecule has 0 aromatic carbocycles. The van der Waals surface area contributed by atoms with Gasteiger partial charge in [0.2, 0.25) is 5.88 Å². The van der Waals surface area contributed by atoms with Crippen LogP contribution in [0.25, 0.3) is 0 Å². The number of carbonyl (C=O) groups is 1. The smallest absolute Gasteiger partial charge is 0.320 e. The third-order valence-corrected chi connectivity index (χ3v) is 5.59. The molecular formula is C18H24FN3O3. The lowest BCUT2D eigenvalue weighted by atomic mass is 9.79. The average Bonchev–Trinajstić information content (AvgIpc) is 3.24. The van der Waals surface area contributed by atoms with Crippen LogP contribution in [0.4, 0.5) is 9.18 Å². The molecule has 0 unspecified atom stereocenters. The lowest BCUT2D eigenvalue weighted by Gasteiger charge is -2.51. The van der Waals surface area contributed by atoms with Gasteiger partial charge in [0.15, 0.2) is 5.82 Å². The quantitative estimate of drug-likeness (QED) is 0.837. The first-order chi connectivity index (χ1) is 12.2. The maximum atomic E-state index is 13.5. The molecule has 4 heterocycles. The minimum atomic E-state index is -0.439. The minimum Gasteiger partial charge on any atom is -0.476 e. The molecule has 0 aliphatic carbocycles. The van der Waals surface area contributed by atoms with E-state index in [1.165, 1.54) is 12.3 Å². The molecule has 3 saturated heterocycles. The molecule has 0 N–H and O–H groups in total. The Hall–Kier alpha value is -1.89. The Labute approximate surface area is 146 Å². The summed E-state index contributed by atoms with van der Waals surface area (Å²) in [5.41, 5.74) is -0.235. The van der Waals surface area contributed by atoms with Crippen molar-refractivity contribution in [3.63, 3.8) is 0 Å². The van der Waals surface area contributed by atoms with Crippen molar-refractivity contribution < 1.29 is 18.7 Å². The molecule has 7 heteroatoms. The minimum absolute atomic E-state index is 0.0508. The SMILES string of the molecule is O=C(N1CCCC1)N1CC2(C1)OCC[C@@H]2CCOc1ncccc1F. The zero-order valence-corrected chi connectivity index (χ0v) is 14.3. The third kappa shape index (κ3) is 3.17. The maximum absolute atomic E-state index is 13.5. The molecule has 1 spiro atoms. The fourth-order valence-corrected chi connectivity index (χ4v) is 4.16. The Morgan fingerprint density at radius 2 is 2.16 bits per heavy atom. The highest BCUT2D eigenvalue weighted by Gasteiger charge is 2.54. The Balaban J connectivity index is 1.28. The Morgan fingerprint density at radius 3 is 2.92 bits per heavy atom. The van der Waals surface area contributed by atoms with Gasteiger partial charge < -0.3 is 19.3 Å². The molecule has 1 aromatic heterocycles. The van der Waals surface area contributed by atoms with Crippen molar-refractivity contribution >= 4 is 6.03 Å². The fraction of sp³-hybridized carbons (Fsp3) is 0.667. The molecule has 0 bridgehead atoms. The molecule has 3 fully saturated rings. The van der Waals surface area contributed by atoms with E-state index < -0.39 is 5.82 Å². The molecule has 0 radical (unpaired) electrons. The van der Waals surface area contributed by atoms with Gasteiger partial charge in [-0.1, -0.05) is 0 Å². The maximum Gasteiger partial charge on any atom is 0.320 e. The molecule has 1 aromatic rings. The summed E-state index contributed by atoms with van der Waals surface area (Å²) in [4.78, 5) is 20.2. The highest BCUT2D eigenvalue weighted by molar-refractivity contribution is 5.76. The van der Waals surface area contributed by atoms with Crippen LogP contribution in [0.2, 0.25) is 0 Å². The van der Waals surface area contributed by atoms with Gasteiger partial charge in [-0.05, 0) is 43.7 Å². The van der Waals surface area contributed by atoms with Crippen LogP contribution >= 0.6 is 0 Å². The Kier molecular flexibility index (Phi) is 4.50. The lowest BCUT2D eigenvalue weighted by Crippen LogP contribution is -2.67. The number of pyridine rings is 1. The van der Waals surface area contributed by atoms with Gasteiger partial charge in [0.25, 0.3) is 0 Å². The summed E-state index contributed by atoms with van der Waals surface area (Å²) < 4.78 is 25.0. The predicted molar refractivity (Wildman–Crippen MR) is 88.9 cm³/mol. The summed E-state index contributed by atoms with van der Waals surface area (Å²) in [5.74, 6) is -0.0530. The molecular weight excluding hydrogens is 325 g/mol. The molecule has 4 rings (SSSR count). The number of urea groups is 1. The van der Waals surface area contributed by atoms with Gasteiger partial charge in [0.1, 0.15) is 5.60 Å². The summed E-state index contributed by atoms with van der Waals surface area (Å²) in [6.07, 6.45) is 5.46. The number of nitrogens with zero attached hydrogens (tertiary/aromatic N) is 3. The van der Waals surface area contributed by atoms with Gasteiger partial charge in [-0.25, -0.2) is 14.2 Å². The highest BCUT2D eigenvalue weighted by Crippen LogP contribution is 2.42. The van der Waals surface area contributed by atoms with Crippen LogP contribution in [-0.2, 0) is 4.74 Å². The van der Waals surface area contributed by atoms with E-state index in [-0.39, 0.29) is 17.5 Å². The van der Waals surface area contributed by atoms with Crippen LogP contribution in [0.15, 0.2) is 18.3 Å². The number of amides is 2. The number of rotatable bonds is 4. The summed E-state index contributed by atoms with van der Waals surface area (Å²) in [6.45, 7) is 4.18. The normalized spacial score (nSPS) is 24.6. The van der Waals surface area contributed by atoms with Crippen molar-refractivity contribution in [2.45, 2.75) is 31.3 Å². The Bertz CT molecular complexity index is 630. The highest BCUT2D eigenvalue weighted by atomic mass is 19.1. The molecule has 1 atom stereocenters. The van der Waals surface area contributed by atoms with Crippen molar-refractivity contribution in [3.05, 3.63) is 24.1 Å². The van der Waals surface area contributed by atoms with E-state index in [9.17, 15) is 9.18 Å². The van der Waals surface area contributed by atoms with Crippen LogP contribution in [-0.4, -0.2) is 65.8 Å². The lowest BCUT2D eigenvalue weighted by molar-refractivity contribution is -0.119. The number of halogens is 1. The zero-order valence-electron chi connectivity index (χ0n) is 14.3. The average molecular weight is 349 g/mol. The second-order valence-corrected chi connectivity index (χ2v) is 7.16. The molecule has 136 valence electrons. The fourth-order valence-electron chi connectivity index (χ4n) is 4.16. The third-order valence-electron chi connectivity index (χ3n) is 5.59.